The van der Waals surface area contributed by atoms with Crippen LogP contribution in [0.4, 0.5) is 0 Å². The maximum Gasteiger partial charge on any atom is 0.268 e. The van der Waals surface area contributed by atoms with Crippen molar-refractivity contribution in [3.63, 3.8) is 0 Å². The second-order valence-electron chi connectivity index (χ2n) is 8.33. The number of nitrogens with zero attached hydrogens (tertiary/aromatic N) is 4. The van der Waals surface area contributed by atoms with E-state index in [-0.39, 0.29) is 17.4 Å². The van der Waals surface area contributed by atoms with Gasteiger partial charge in [0.2, 0.25) is 11.7 Å². The summed E-state index contributed by atoms with van der Waals surface area (Å²) in [6, 6.07) is 7.75. The number of ether oxygens (including phenoxy) is 1. The highest BCUT2D eigenvalue weighted by Crippen LogP contribution is 2.37. The van der Waals surface area contributed by atoms with Crippen LogP contribution in [0.2, 0.25) is 0 Å². The van der Waals surface area contributed by atoms with Gasteiger partial charge in [0, 0.05) is 11.3 Å². The van der Waals surface area contributed by atoms with E-state index in [4.69, 9.17) is 10.5 Å². The minimum Gasteiger partial charge on any atom is -0.372 e. The van der Waals surface area contributed by atoms with Gasteiger partial charge in [-0.15, -0.1) is 21.5 Å². The molecule has 1 atom stereocenters. The quantitative estimate of drug-likeness (QED) is 0.451. The van der Waals surface area contributed by atoms with Crippen molar-refractivity contribution in [3.8, 4) is 5.69 Å². The summed E-state index contributed by atoms with van der Waals surface area (Å²) in [5.41, 5.74) is 8.11. The molecule has 4 heterocycles. The van der Waals surface area contributed by atoms with Gasteiger partial charge in [-0.2, -0.15) is 0 Å². The van der Waals surface area contributed by atoms with Gasteiger partial charge in [0.1, 0.15) is 4.83 Å². The lowest BCUT2D eigenvalue weighted by atomic mass is 9.96. The summed E-state index contributed by atoms with van der Waals surface area (Å²) in [5.74, 6) is 0.403. The first-order valence-electron chi connectivity index (χ1n) is 10.4. The van der Waals surface area contributed by atoms with E-state index in [2.05, 4.69) is 24.0 Å². The molecule has 10 heteroatoms. The predicted molar refractivity (Wildman–Crippen MR) is 126 cm³/mol. The van der Waals surface area contributed by atoms with Gasteiger partial charge in [-0.1, -0.05) is 43.3 Å². The van der Waals surface area contributed by atoms with Gasteiger partial charge < -0.3 is 10.5 Å². The van der Waals surface area contributed by atoms with Crippen LogP contribution in [0.5, 0.6) is 0 Å². The second kappa shape index (κ2) is 8.02. The number of amides is 1. The van der Waals surface area contributed by atoms with Gasteiger partial charge in [-0.3, -0.25) is 9.59 Å². The highest BCUT2D eigenvalue weighted by Gasteiger charge is 2.30. The molecule has 2 N–H and O–H groups in total. The van der Waals surface area contributed by atoms with Crippen molar-refractivity contribution in [1.29, 1.82) is 0 Å². The van der Waals surface area contributed by atoms with Gasteiger partial charge >= 0.3 is 0 Å². The molecular weight excluding hydrogens is 446 g/mol. The molecular formula is C22H23N5O3S2. The van der Waals surface area contributed by atoms with Gasteiger partial charge in [0.15, 0.2) is 5.16 Å². The van der Waals surface area contributed by atoms with Crippen molar-refractivity contribution < 1.29 is 9.53 Å². The minimum atomic E-state index is -0.437. The molecule has 1 aliphatic heterocycles. The van der Waals surface area contributed by atoms with Crippen LogP contribution in [0.1, 0.15) is 29.9 Å². The lowest BCUT2D eigenvalue weighted by molar-refractivity contribution is -0.115. The van der Waals surface area contributed by atoms with Crippen LogP contribution in [0.25, 0.3) is 21.7 Å². The van der Waals surface area contributed by atoms with Crippen molar-refractivity contribution in [3.05, 3.63) is 50.6 Å². The third kappa shape index (κ3) is 3.42. The number of benzene rings is 1. The Kier molecular flexibility index (Phi) is 5.31. The maximum absolute atomic E-state index is 13.9. The van der Waals surface area contributed by atoms with E-state index < -0.39 is 5.91 Å². The first-order chi connectivity index (χ1) is 15.3. The molecule has 166 valence electrons. The number of primary amides is 1. The summed E-state index contributed by atoms with van der Waals surface area (Å²) in [7, 11) is 0. The molecule has 0 aliphatic carbocycles. The van der Waals surface area contributed by atoms with Crippen LogP contribution in [0, 0.1) is 12.8 Å². The smallest absolute Gasteiger partial charge is 0.268 e. The van der Waals surface area contributed by atoms with E-state index >= 15 is 0 Å². The zero-order valence-corrected chi connectivity index (χ0v) is 19.6. The average molecular weight is 470 g/mol. The lowest BCUT2D eigenvalue weighted by Gasteiger charge is -2.26. The number of hydrogen-bond acceptors (Lipinski definition) is 7. The molecule has 3 aromatic heterocycles. The molecule has 1 aliphatic rings. The number of rotatable bonds is 5. The second-order valence-corrected chi connectivity index (χ2v) is 10.4. The third-order valence-electron chi connectivity index (χ3n) is 5.72. The molecule has 0 spiro atoms. The van der Waals surface area contributed by atoms with Crippen LogP contribution in [0.3, 0.4) is 0 Å². The predicted octanol–water partition coefficient (Wildman–Crippen LogP) is 3.08. The number of aryl methyl sites for hydroxylation is 1. The third-order valence-corrected chi connectivity index (χ3v) is 7.86. The summed E-state index contributed by atoms with van der Waals surface area (Å²) in [5, 5.41) is 9.84. The Morgan fingerprint density at radius 1 is 1.31 bits per heavy atom. The van der Waals surface area contributed by atoms with Gasteiger partial charge in [-0.25, -0.2) is 8.97 Å². The molecule has 0 bridgehead atoms. The first kappa shape index (κ1) is 21.2. The number of hydrogen-bond donors (Lipinski definition) is 1. The lowest BCUT2D eigenvalue weighted by Crippen LogP contribution is -2.28. The van der Waals surface area contributed by atoms with Crippen molar-refractivity contribution in [1.82, 2.24) is 19.2 Å². The van der Waals surface area contributed by atoms with E-state index in [9.17, 15) is 9.59 Å². The van der Waals surface area contributed by atoms with Gasteiger partial charge in [-0.05, 0) is 30.5 Å². The van der Waals surface area contributed by atoms with Crippen LogP contribution < -0.4 is 11.3 Å². The normalized spacial score (nSPS) is 16.2. The molecule has 1 unspecified atom stereocenters. The Hall–Kier alpha value is -2.69. The standard InChI is InChI=1S/C22H23N5O3S2/c1-11(2)15-8-14-16(9-30-15)32-20-18(14)19(29)26(13-6-4-12(3)5-7-13)21-24-25-22(27(20)21)31-10-17(23)28/h4-7,11,15H,8-10H2,1-3H3,(H2,23,28). The molecule has 1 amide bonds. The average Bonchev–Trinajstić information content (AvgIpc) is 3.34. The van der Waals surface area contributed by atoms with E-state index in [0.29, 0.717) is 35.3 Å². The summed E-state index contributed by atoms with van der Waals surface area (Å²) in [4.78, 5) is 27.1. The number of thioether (sulfide) groups is 1. The largest absolute Gasteiger partial charge is 0.372 e. The first-order valence-corrected chi connectivity index (χ1v) is 12.2. The zero-order valence-electron chi connectivity index (χ0n) is 18.0. The molecule has 8 nitrogen and oxygen atoms in total. The monoisotopic (exact) mass is 469 g/mol. The highest BCUT2D eigenvalue weighted by atomic mass is 32.2. The van der Waals surface area contributed by atoms with Crippen molar-refractivity contribution >= 4 is 45.0 Å². The molecule has 5 rings (SSSR count). The number of thiophene rings is 1. The highest BCUT2D eigenvalue weighted by molar-refractivity contribution is 7.99. The van der Waals surface area contributed by atoms with Crippen molar-refractivity contribution in [2.75, 3.05) is 5.75 Å². The van der Waals surface area contributed by atoms with Crippen molar-refractivity contribution in [2.45, 2.75) is 45.1 Å². The Morgan fingerprint density at radius 2 is 2.06 bits per heavy atom. The number of aromatic nitrogens is 4. The molecule has 0 radical (unpaired) electrons. The Morgan fingerprint density at radius 3 is 2.75 bits per heavy atom. The molecule has 0 fully saturated rings. The summed E-state index contributed by atoms with van der Waals surface area (Å²) < 4.78 is 9.54. The zero-order chi connectivity index (χ0) is 22.6. The van der Waals surface area contributed by atoms with Crippen LogP contribution >= 0.6 is 23.1 Å². The molecule has 4 aromatic rings. The van der Waals surface area contributed by atoms with E-state index in [0.717, 1.165) is 26.5 Å². The summed E-state index contributed by atoms with van der Waals surface area (Å²) in [6.45, 7) is 6.74. The van der Waals surface area contributed by atoms with Crippen LogP contribution in [-0.2, 0) is 22.6 Å². The molecule has 0 saturated heterocycles. The van der Waals surface area contributed by atoms with E-state index in [1.54, 1.807) is 4.57 Å². The Labute approximate surface area is 192 Å². The fraction of sp³-hybridized carbons (Fsp3) is 0.364. The number of carbonyl (C=O) groups is 1. The SMILES string of the molecule is Cc1ccc(-n2c(=O)c3c4c(sc3n3c(SCC(N)=O)nnc23)COC(C(C)C)C4)cc1. The van der Waals surface area contributed by atoms with Crippen LogP contribution in [-0.4, -0.2) is 36.9 Å². The van der Waals surface area contributed by atoms with Crippen molar-refractivity contribution in [2.24, 2.45) is 11.7 Å². The fourth-order valence-electron chi connectivity index (χ4n) is 4.02. The fourth-order valence-corrected chi connectivity index (χ4v) is 5.99. The van der Waals surface area contributed by atoms with E-state index in [1.807, 2.05) is 35.6 Å². The van der Waals surface area contributed by atoms with E-state index in [1.165, 1.54) is 23.1 Å². The number of nitrogens with two attached hydrogens (primary N) is 1. The van der Waals surface area contributed by atoms with Gasteiger partial charge in [0.05, 0.1) is 29.5 Å². The minimum absolute atomic E-state index is 0.0628. The van der Waals surface area contributed by atoms with Gasteiger partial charge in [0.25, 0.3) is 5.56 Å². The molecule has 0 saturated carbocycles. The number of carbonyl (C=O) groups excluding carboxylic acids is 1. The molecule has 32 heavy (non-hydrogen) atoms. The Bertz CT molecular complexity index is 1400. The Balaban J connectivity index is 1.83. The topological polar surface area (TPSA) is 105 Å². The summed E-state index contributed by atoms with van der Waals surface area (Å²) in [6.07, 6.45) is 0.751. The number of fused-ring (bicyclic) bond motifs is 5. The molecule has 1 aromatic carbocycles. The maximum atomic E-state index is 13.9. The van der Waals surface area contributed by atoms with Crippen LogP contribution in [0.15, 0.2) is 34.2 Å². The summed E-state index contributed by atoms with van der Waals surface area (Å²) >= 11 is 2.75.